The Morgan fingerprint density at radius 3 is 2.42 bits per heavy atom. The van der Waals surface area contributed by atoms with E-state index in [4.69, 9.17) is 9.84 Å². The van der Waals surface area contributed by atoms with Crippen LogP contribution in [0.25, 0.3) is 0 Å². The van der Waals surface area contributed by atoms with E-state index in [0.29, 0.717) is 19.4 Å². The number of amides is 1. The first-order valence-corrected chi connectivity index (χ1v) is 8.68. The number of carboxylic acids is 1. The Hall–Kier alpha value is -2.66. The van der Waals surface area contributed by atoms with Crippen LogP contribution in [0.15, 0.2) is 54.6 Å². The third-order valence-electron chi connectivity index (χ3n) is 4.06. The van der Waals surface area contributed by atoms with Gasteiger partial charge in [0, 0.05) is 19.6 Å². The second-order valence-corrected chi connectivity index (χ2v) is 6.32. The summed E-state index contributed by atoms with van der Waals surface area (Å²) in [6.45, 7) is 0.505. The number of benzene rings is 2. The summed E-state index contributed by atoms with van der Waals surface area (Å²) in [4.78, 5) is 23.3. The number of carbonyl (C=O) groups is 2. The van der Waals surface area contributed by atoms with E-state index in [-0.39, 0.29) is 24.8 Å². The first-order valence-electron chi connectivity index (χ1n) is 8.68. The van der Waals surface area contributed by atoms with Gasteiger partial charge >= 0.3 is 5.97 Å². The standard InChI is InChI=1S/C21H25NO4/c1-26-15-18-9-5-8-17(12-18)14-20(23)22-19(10-11-21(24)25)13-16-6-3-2-4-7-16/h2-9,12,19H,10-11,13-15H2,1H3,(H,22,23)(H,24,25). The van der Waals surface area contributed by atoms with E-state index in [2.05, 4.69) is 5.32 Å². The Morgan fingerprint density at radius 1 is 1.04 bits per heavy atom. The minimum absolute atomic E-state index is 0.0289. The van der Waals surface area contributed by atoms with Gasteiger partial charge in [-0.3, -0.25) is 9.59 Å². The molecule has 5 heteroatoms. The van der Waals surface area contributed by atoms with Gasteiger partial charge in [-0.05, 0) is 29.5 Å². The third kappa shape index (κ3) is 7.07. The van der Waals surface area contributed by atoms with E-state index >= 15 is 0 Å². The summed E-state index contributed by atoms with van der Waals surface area (Å²) in [5.74, 6) is -0.963. The summed E-state index contributed by atoms with van der Waals surface area (Å²) < 4.78 is 5.12. The lowest BCUT2D eigenvalue weighted by Gasteiger charge is -2.18. The van der Waals surface area contributed by atoms with E-state index < -0.39 is 5.97 Å². The number of carbonyl (C=O) groups excluding carboxylic acids is 1. The molecule has 0 heterocycles. The molecular weight excluding hydrogens is 330 g/mol. The zero-order chi connectivity index (χ0) is 18.8. The molecule has 2 aromatic rings. The molecule has 138 valence electrons. The van der Waals surface area contributed by atoms with Crippen LogP contribution in [0.5, 0.6) is 0 Å². The van der Waals surface area contributed by atoms with Crippen molar-refractivity contribution in [2.75, 3.05) is 7.11 Å². The molecule has 0 spiro atoms. The molecule has 0 aliphatic carbocycles. The highest BCUT2D eigenvalue weighted by Gasteiger charge is 2.15. The topological polar surface area (TPSA) is 75.6 Å². The van der Waals surface area contributed by atoms with Crippen LogP contribution in [0.1, 0.15) is 29.5 Å². The molecule has 0 aliphatic heterocycles. The van der Waals surface area contributed by atoms with Crippen molar-refractivity contribution in [3.63, 3.8) is 0 Å². The monoisotopic (exact) mass is 355 g/mol. The second-order valence-electron chi connectivity index (χ2n) is 6.32. The van der Waals surface area contributed by atoms with Crippen LogP contribution in [0.4, 0.5) is 0 Å². The van der Waals surface area contributed by atoms with Gasteiger partial charge in [-0.25, -0.2) is 0 Å². The van der Waals surface area contributed by atoms with E-state index in [0.717, 1.165) is 16.7 Å². The summed E-state index contributed by atoms with van der Waals surface area (Å²) >= 11 is 0. The first kappa shape index (κ1) is 19.7. The predicted molar refractivity (Wildman–Crippen MR) is 99.8 cm³/mol. The number of carboxylic acid groups (broad SMARTS) is 1. The third-order valence-corrected chi connectivity index (χ3v) is 4.06. The molecule has 26 heavy (non-hydrogen) atoms. The molecule has 1 atom stereocenters. The van der Waals surface area contributed by atoms with Crippen molar-refractivity contribution in [2.24, 2.45) is 0 Å². The van der Waals surface area contributed by atoms with Crippen LogP contribution >= 0.6 is 0 Å². The molecule has 2 aromatic carbocycles. The van der Waals surface area contributed by atoms with Crippen LogP contribution < -0.4 is 5.32 Å². The Kier molecular flexibility index (Phi) is 7.83. The lowest BCUT2D eigenvalue weighted by Crippen LogP contribution is -2.37. The lowest BCUT2D eigenvalue weighted by atomic mass is 10.0. The van der Waals surface area contributed by atoms with Gasteiger partial charge in [0.15, 0.2) is 0 Å². The highest BCUT2D eigenvalue weighted by Crippen LogP contribution is 2.10. The number of hydrogen-bond acceptors (Lipinski definition) is 3. The van der Waals surface area contributed by atoms with Gasteiger partial charge in [0.25, 0.3) is 0 Å². The molecular formula is C21H25NO4. The molecule has 2 N–H and O–H groups in total. The SMILES string of the molecule is COCc1cccc(CC(=O)NC(CCC(=O)O)Cc2ccccc2)c1. The van der Waals surface area contributed by atoms with E-state index in [1.807, 2.05) is 54.6 Å². The molecule has 0 aromatic heterocycles. The Labute approximate surface area is 154 Å². The maximum atomic E-state index is 12.4. The van der Waals surface area contributed by atoms with E-state index in [1.165, 1.54) is 0 Å². The van der Waals surface area contributed by atoms with E-state index in [9.17, 15) is 9.59 Å². The van der Waals surface area contributed by atoms with Crippen molar-refractivity contribution in [3.8, 4) is 0 Å². The van der Waals surface area contributed by atoms with Gasteiger partial charge in [0.1, 0.15) is 0 Å². The molecule has 1 unspecified atom stereocenters. The highest BCUT2D eigenvalue weighted by molar-refractivity contribution is 5.79. The molecule has 5 nitrogen and oxygen atoms in total. The fourth-order valence-electron chi connectivity index (χ4n) is 2.88. The molecule has 0 saturated carbocycles. The molecule has 1 amide bonds. The number of rotatable bonds is 10. The van der Waals surface area contributed by atoms with Crippen LogP contribution in [0.2, 0.25) is 0 Å². The van der Waals surface area contributed by atoms with Crippen LogP contribution in [-0.2, 0) is 33.8 Å². The summed E-state index contributed by atoms with van der Waals surface area (Å²) in [6.07, 6.45) is 1.31. The van der Waals surface area contributed by atoms with Gasteiger partial charge in [0.05, 0.1) is 13.0 Å². The Bertz CT molecular complexity index is 715. The summed E-state index contributed by atoms with van der Waals surface area (Å²) in [6, 6.07) is 17.3. The number of methoxy groups -OCH3 is 1. The van der Waals surface area contributed by atoms with Gasteiger partial charge < -0.3 is 15.2 Å². The average molecular weight is 355 g/mol. The number of aliphatic carboxylic acids is 1. The highest BCUT2D eigenvalue weighted by atomic mass is 16.5. The molecule has 0 bridgehead atoms. The van der Waals surface area contributed by atoms with Crippen LogP contribution in [0.3, 0.4) is 0 Å². The summed E-state index contributed by atoms with van der Waals surface area (Å²) in [5.41, 5.74) is 3.00. The Morgan fingerprint density at radius 2 is 1.73 bits per heavy atom. The van der Waals surface area contributed by atoms with Gasteiger partial charge in [-0.15, -0.1) is 0 Å². The van der Waals surface area contributed by atoms with Crippen molar-refractivity contribution >= 4 is 11.9 Å². The molecule has 0 radical (unpaired) electrons. The van der Waals surface area contributed by atoms with Crippen molar-refractivity contribution < 1.29 is 19.4 Å². The maximum absolute atomic E-state index is 12.4. The zero-order valence-corrected chi connectivity index (χ0v) is 15.0. The number of ether oxygens (including phenoxy) is 1. The Balaban J connectivity index is 1.98. The maximum Gasteiger partial charge on any atom is 0.303 e. The predicted octanol–water partition coefficient (Wildman–Crippen LogP) is 2.97. The van der Waals surface area contributed by atoms with Crippen LogP contribution in [0, 0.1) is 0 Å². The first-order chi connectivity index (χ1) is 12.6. The molecule has 2 rings (SSSR count). The smallest absolute Gasteiger partial charge is 0.303 e. The fourth-order valence-corrected chi connectivity index (χ4v) is 2.88. The second kappa shape index (κ2) is 10.4. The number of hydrogen-bond donors (Lipinski definition) is 2. The van der Waals surface area contributed by atoms with Gasteiger partial charge in [0.2, 0.25) is 5.91 Å². The van der Waals surface area contributed by atoms with Gasteiger partial charge in [-0.1, -0.05) is 54.6 Å². The quantitative estimate of drug-likeness (QED) is 0.687. The minimum Gasteiger partial charge on any atom is -0.481 e. The zero-order valence-electron chi connectivity index (χ0n) is 15.0. The van der Waals surface area contributed by atoms with Crippen molar-refractivity contribution in [2.45, 2.75) is 38.3 Å². The largest absolute Gasteiger partial charge is 0.481 e. The average Bonchev–Trinajstić information content (AvgIpc) is 2.61. The fraction of sp³-hybridized carbons (Fsp3) is 0.333. The lowest BCUT2D eigenvalue weighted by molar-refractivity contribution is -0.137. The number of nitrogens with one attached hydrogen (secondary N) is 1. The van der Waals surface area contributed by atoms with E-state index in [1.54, 1.807) is 7.11 Å². The van der Waals surface area contributed by atoms with Crippen molar-refractivity contribution in [1.29, 1.82) is 0 Å². The van der Waals surface area contributed by atoms with Crippen molar-refractivity contribution in [3.05, 3.63) is 71.3 Å². The molecule has 0 saturated heterocycles. The molecule has 0 aliphatic rings. The van der Waals surface area contributed by atoms with Gasteiger partial charge in [-0.2, -0.15) is 0 Å². The minimum atomic E-state index is -0.857. The van der Waals surface area contributed by atoms with Crippen molar-refractivity contribution in [1.82, 2.24) is 5.32 Å². The van der Waals surface area contributed by atoms with Crippen LogP contribution in [-0.4, -0.2) is 30.1 Å². The summed E-state index contributed by atoms with van der Waals surface area (Å²) in [5, 5.41) is 11.9. The normalized spacial score (nSPS) is 11.7. The molecule has 0 fully saturated rings. The summed E-state index contributed by atoms with van der Waals surface area (Å²) in [7, 11) is 1.63.